The number of hydrogen-bond acceptors (Lipinski definition) is 5. The summed E-state index contributed by atoms with van der Waals surface area (Å²) < 4.78 is 57.7. The molecule has 2 aromatic rings. The molecule has 0 saturated carbocycles. The molecular formula is C15H8Cl2F4N2O5. The van der Waals surface area contributed by atoms with E-state index in [9.17, 15) is 36.7 Å². The van der Waals surface area contributed by atoms with Gasteiger partial charge in [0.25, 0.3) is 10.8 Å². The minimum atomic E-state index is -5.01. The molecule has 0 aliphatic heterocycles. The number of ether oxygens (including phenoxy) is 1. The maximum absolute atomic E-state index is 14.3. The molecule has 0 saturated heterocycles. The van der Waals surface area contributed by atoms with Gasteiger partial charge in [-0.2, -0.15) is 13.2 Å². The van der Waals surface area contributed by atoms with E-state index in [0.717, 1.165) is 7.05 Å². The first-order chi connectivity index (χ1) is 12.8. The van der Waals surface area contributed by atoms with Crippen molar-refractivity contribution in [2.45, 2.75) is 6.18 Å². The van der Waals surface area contributed by atoms with Crippen LogP contribution in [-0.4, -0.2) is 27.0 Å². The van der Waals surface area contributed by atoms with Crippen LogP contribution in [0.5, 0.6) is 0 Å². The number of hydrogen-bond donors (Lipinski definition) is 0. The number of benzene rings is 1. The number of alkyl halides is 3. The average Bonchev–Trinajstić information content (AvgIpc) is 2.56. The lowest BCUT2D eigenvalue weighted by Gasteiger charge is -2.15. The smallest absolute Gasteiger partial charge is 0.431 e. The number of nitrogens with zero attached hydrogens (tertiary/aromatic N) is 2. The van der Waals surface area contributed by atoms with E-state index in [1.807, 2.05) is 0 Å². The van der Waals surface area contributed by atoms with Gasteiger partial charge in [0, 0.05) is 13.1 Å². The van der Waals surface area contributed by atoms with Crippen LogP contribution in [0.15, 0.2) is 27.8 Å². The van der Waals surface area contributed by atoms with Crippen molar-refractivity contribution in [2.24, 2.45) is 7.05 Å². The van der Waals surface area contributed by atoms with Gasteiger partial charge in [-0.05, 0) is 23.7 Å². The second-order valence-electron chi connectivity index (χ2n) is 5.26. The Morgan fingerprint density at radius 2 is 1.79 bits per heavy atom. The van der Waals surface area contributed by atoms with Gasteiger partial charge in [0.1, 0.15) is 11.5 Å². The molecule has 2 rings (SSSR count). The van der Waals surface area contributed by atoms with Gasteiger partial charge in [-0.3, -0.25) is 14.2 Å². The molecule has 0 unspecified atom stereocenters. The van der Waals surface area contributed by atoms with E-state index in [4.69, 9.17) is 23.2 Å². The lowest BCUT2D eigenvalue weighted by Crippen LogP contribution is -2.41. The molecule has 1 heterocycles. The third-order valence-electron chi connectivity index (χ3n) is 3.42. The highest BCUT2D eigenvalue weighted by atomic mass is 35.5. The van der Waals surface area contributed by atoms with Gasteiger partial charge >= 0.3 is 17.8 Å². The van der Waals surface area contributed by atoms with Crippen LogP contribution in [0.2, 0.25) is 5.02 Å². The van der Waals surface area contributed by atoms with Gasteiger partial charge in [-0.25, -0.2) is 18.5 Å². The quantitative estimate of drug-likeness (QED) is 0.411. The monoisotopic (exact) mass is 442 g/mol. The summed E-state index contributed by atoms with van der Waals surface area (Å²) in [5, 5.41) is -1.52. The molecule has 0 N–H and O–H groups in total. The number of carbonyl (C=O) groups excluding carboxylic acids is 2. The molecule has 0 fully saturated rings. The normalized spacial score (nSPS) is 11.4. The average molecular weight is 443 g/mol. The summed E-state index contributed by atoms with van der Waals surface area (Å²) in [4.78, 5) is 46.9. The van der Waals surface area contributed by atoms with E-state index in [2.05, 4.69) is 4.74 Å². The third kappa shape index (κ3) is 4.25. The predicted octanol–water partition coefficient (Wildman–Crippen LogP) is 2.27. The molecule has 13 heteroatoms. The van der Waals surface area contributed by atoms with Gasteiger partial charge in [0.15, 0.2) is 6.61 Å². The summed E-state index contributed by atoms with van der Waals surface area (Å²) in [6, 6.07) is 1.29. The zero-order valence-electron chi connectivity index (χ0n) is 13.6. The number of aromatic nitrogens is 2. The summed E-state index contributed by atoms with van der Waals surface area (Å²) >= 11 is 10.7. The van der Waals surface area contributed by atoms with E-state index in [1.165, 1.54) is 0 Å². The summed E-state index contributed by atoms with van der Waals surface area (Å²) in [5.74, 6) is -2.51. The molecule has 0 aliphatic rings. The van der Waals surface area contributed by atoms with Crippen LogP contribution in [0, 0.1) is 5.82 Å². The van der Waals surface area contributed by atoms with Gasteiger partial charge < -0.3 is 4.74 Å². The molecule has 28 heavy (non-hydrogen) atoms. The van der Waals surface area contributed by atoms with Crippen molar-refractivity contribution in [3.8, 4) is 5.69 Å². The van der Waals surface area contributed by atoms with Crippen LogP contribution in [0.1, 0.15) is 16.1 Å². The Labute approximate surface area is 162 Å². The molecular weight excluding hydrogens is 435 g/mol. The standard InChI is InChI=1S/C15H8Cl2F4N2O5/c1-22-10(15(19,20)21)4-12(25)23(14(22)27)9-2-6(7(16)3-8(9)18)13(26)28-5-11(17)24/h2-4H,5H2,1H3. The van der Waals surface area contributed by atoms with Crippen molar-refractivity contribution in [3.05, 3.63) is 61.1 Å². The van der Waals surface area contributed by atoms with Crippen molar-refractivity contribution in [2.75, 3.05) is 6.61 Å². The highest BCUT2D eigenvalue weighted by molar-refractivity contribution is 6.64. The van der Waals surface area contributed by atoms with E-state index >= 15 is 0 Å². The van der Waals surface area contributed by atoms with Crippen LogP contribution >= 0.6 is 23.2 Å². The molecule has 1 aromatic carbocycles. The second kappa shape index (κ2) is 7.76. The molecule has 7 nitrogen and oxygen atoms in total. The molecule has 0 amide bonds. The molecule has 150 valence electrons. The largest absolute Gasteiger partial charge is 0.453 e. The van der Waals surface area contributed by atoms with Crippen molar-refractivity contribution in [3.63, 3.8) is 0 Å². The highest BCUT2D eigenvalue weighted by Crippen LogP contribution is 2.27. The number of halogens is 6. The van der Waals surface area contributed by atoms with Crippen LogP contribution in [0.25, 0.3) is 5.69 Å². The van der Waals surface area contributed by atoms with Gasteiger partial charge in [-0.15, -0.1) is 0 Å². The maximum atomic E-state index is 14.3. The molecule has 1 aromatic heterocycles. The Morgan fingerprint density at radius 1 is 1.18 bits per heavy atom. The Balaban J connectivity index is 2.70. The van der Waals surface area contributed by atoms with Crippen LogP contribution < -0.4 is 11.2 Å². The Bertz CT molecular complexity index is 1090. The Morgan fingerprint density at radius 3 is 2.32 bits per heavy atom. The second-order valence-corrected chi connectivity index (χ2v) is 6.09. The molecule has 0 aliphatic carbocycles. The third-order valence-corrected chi connectivity index (χ3v) is 3.85. The molecule has 0 spiro atoms. The first-order valence-electron chi connectivity index (χ1n) is 7.09. The van der Waals surface area contributed by atoms with Crippen molar-refractivity contribution in [1.82, 2.24) is 9.13 Å². The van der Waals surface area contributed by atoms with E-state index in [-0.39, 0.29) is 15.2 Å². The SMILES string of the molecule is Cn1c(C(F)(F)F)cc(=O)n(-c2cc(C(=O)OCC(=O)Cl)c(Cl)cc2F)c1=O. The van der Waals surface area contributed by atoms with E-state index < -0.39 is 63.0 Å². The highest BCUT2D eigenvalue weighted by Gasteiger charge is 2.35. The molecule has 0 radical (unpaired) electrons. The Hall–Kier alpha value is -2.66. The van der Waals surface area contributed by atoms with Crippen molar-refractivity contribution >= 4 is 34.4 Å². The van der Waals surface area contributed by atoms with Crippen molar-refractivity contribution in [1.29, 1.82) is 0 Å². The summed E-state index contributed by atoms with van der Waals surface area (Å²) in [7, 11) is 0.732. The number of carbonyl (C=O) groups is 2. The van der Waals surface area contributed by atoms with Crippen molar-refractivity contribution < 1.29 is 31.9 Å². The molecule has 0 atom stereocenters. The first kappa shape index (κ1) is 21.6. The van der Waals surface area contributed by atoms with Crippen LogP contribution in [-0.2, 0) is 22.8 Å². The lowest BCUT2D eigenvalue weighted by atomic mass is 10.2. The summed E-state index contributed by atoms with van der Waals surface area (Å²) in [6.07, 6.45) is -5.01. The number of rotatable bonds is 4. The van der Waals surface area contributed by atoms with Gasteiger partial charge in [0.2, 0.25) is 0 Å². The fraction of sp³-hybridized carbons (Fsp3) is 0.200. The summed E-state index contributed by atoms with van der Waals surface area (Å²) in [5.41, 5.74) is -5.95. The Kier molecular flexibility index (Phi) is 6.00. The predicted molar refractivity (Wildman–Crippen MR) is 88.4 cm³/mol. The van der Waals surface area contributed by atoms with Gasteiger partial charge in [-0.1, -0.05) is 11.6 Å². The van der Waals surface area contributed by atoms with Crippen LogP contribution in [0.4, 0.5) is 17.6 Å². The minimum absolute atomic E-state index is 0.0877. The first-order valence-corrected chi connectivity index (χ1v) is 7.85. The van der Waals surface area contributed by atoms with Crippen LogP contribution in [0.3, 0.4) is 0 Å². The number of esters is 1. The zero-order chi connectivity index (χ0) is 21.4. The maximum Gasteiger partial charge on any atom is 0.431 e. The fourth-order valence-electron chi connectivity index (χ4n) is 2.18. The fourth-order valence-corrected chi connectivity index (χ4v) is 2.47. The summed E-state index contributed by atoms with van der Waals surface area (Å²) in [6.45, 7) is -0.842. The zero-order valence-corrected chi connectivity index (χ0v) is 15.2. The lowest BCUT2D eigenvalue weighted by molar-refractivity contribution is -0.144. The topological polar surface area (TPSA) is 87.4 Å². The van der Waals surface area contributed by atoms with E-state index in [0.29, 0.717) is 12.1 Å². The molecule has 0 bridgehead atoms. The minimum Gasteiger partial charge on any atom is -0.453 e. The van der Waals surface area contributed by atoms with Gasteiger partial charge in [0.05, 0.1) is 16.3 Å². The van der Waals surface area contributed by atoms with E-state index in [1.54, 1.807) is 0 Å².